The van der Waals surface area contributed by atoms with Gasteiger partial charge in [0.25, 0.3) is 0 Å². The lowest BCUT2D eigenvalue weighted by Crippen LogP contribution is -2.11. The average Bonchev–Trinajstić information content (AvgIpc) is 2.29. The van der Waals surface area contributed by atoms with Crippen molar-refractivity contribution in [2.75, 3.05) is 5.75 Å². The van der Waals surface area contributed by atoms with E-state index in [4.69, 9.17) is 5.11 Å². The third-order valence-corrected chi connectivity index (χ3v) is 4.43. The van der Waals surface area contributed by atoms with Crippen molar-refractivity contribution in [1.82, 2.24) is 0 Å². The molecule has 0 amide bonds. The van der Waals surface area contributed by atoms with Crippen LogP contribution in [0.3, 0.4) is 0 Å². The quantitative estimate of drug-likeness (QED) is 0.814. The molecule has 0 aliphatic carbocycles. The van der Waals surface area contributed by atoms with Gasteiger partial charge in [0.1, 0.15) is 5.75 Å². The molecule has 1 unspecified atom stereocenters. The molecule has 0 radical (unpaired) electrons. The van der Waals surface area contributed by atoms with Crippen LogP contribution in [0.4, 0.5) is 0 Å². The van der Waals surface area contributed by atoms with Crippen LogP contribution in [-0.4, -0.2) is 30.5 Å². The van der Waals surface area contributed by atoms with Gasteiger partial charge in [-0.05, 0) is 43.5 Å². The Balaban J connectivity index is 2.60. The largest absolute Gasteiger partial charge is 0.508 e. The van der Waals surface area contributed by atoms with Gasteiger partial charge in [-0.25, -0.2) is 8.42 Å². The van der Waals surface area contributed by atoms with Gasteiger partial charge in [0, 0.05) is 0 Å². The van der Waals surface area contributed by atoms with Gasteiger partial charge in [-0.1, -0.05) is 6.92 Å². The van der Waals surface area contributed by atoms with E-state index < -0.39 is 15.9 Å². The van der Waals surface area contributed by atoms with Gasteiger partial charge in [-0.3, -0.25) is 0 Å². The van der Waals surface area contributed by atoms with Crippen LogP contribution >= 0.6 is 0 Å². The maximum atomic E-state index is 11.9. The molecule has 0 saturated carbocycles. The fourth-order valence-corrected chi connectivity index (χ4v) is 2.82. The lowest BCUT2D eigenvalue weighted by atomic mass is 10.2. The summed E-state index contributed by atoms with van der Waals surface area (Å²) in [6.07, 6.45) is 1.15. The minimum atomic E-state index is -3.30. The van der Waals surface area contributed by atoms with Crippen molar-refractivity contribution in [3.8, 4) is 5.75 Å². The standard InChI is InChI=1S/C12H18O4S/c1-2-10(13)4-3-9-17(15,16)12-7-5-11(14)6-8-12/h5-8,10,13-14H,2-4,9H2,1H3. The molecule has 0 aliphatic rings. The Morgan fingerprint density at radius 2 is 1.82 bits per heavy atom. The Bertz CT molecular complexity index is 436. The molecule has 5 heteroatoms. The number of hydrogen-bond acceptors (Lipinski definition) is 4. The molecule has 17 heavy (non-hydrogen) atoms. The smallest absolute Gasteiger partial charge is 0.178 e. The summed E-state index contributed by atoms with van der Waals surface area (Å²) in [7, 11) is -3.30. The minimum absolute atomic E-state index is 0.0227. The number of aromatic hydroxyl groups is 1. The van der Waals surface area contributed by atoms with Crippen molar-refractivity contribution in [1.29, 1.82) is 0 Å². The summed E-state index contributed by atoms with van der Waals surface area (Å²) in [5.74, 6) is 0.0693. The van der Waals surface area contributed by atoms with Gasteiger partial charge in [0.05, 0.1) is 16.8 Å². The van der Waals surface area contributed by atoms with E-state index in [1.807, 2.05) is 6.92 Å². The second kappa shape index (κ2) is 6.02. The van der Waals surface area contributed by atoms with Crippen molar-refractivity contribution in [2.24, 2.45) is 0 Å². The number of aliphatic hydroxyl groups excluding tert-OH is 1. The van der Waals surface area contributed by atoms with Gasteiger partial charge in [0.2, 0.25) is 0 Å². The Morgan fingerprint density at radius 3 is 2.35 bits per heavy atom. The van der Waals surface area contributed by atoms with Crippen LogP contribution in [0.5, 0.6) is 5.75 Å². The highest BCUT2D eigenvalue weighted by molar-refractivity contribution is 7.91. The summed E-state index contributed by atoms with van der Waals surface area (Å²) < 4.78 is 23.7. The first-order chi connectivity index (χ1) is 7.95. The SMILES string of the molecule is CCC(O)CCCS(=O)(=O)c1ccc(O)cc1. The summed E-state index contributed by atoms with van der Waals surface area (Å²) >= 11 is 0. The molecule has 0 spiro atoms. The maximum absolute atomic E-state index is 11.9. The number of phenolic OH excluding ortho intramolecular Hbond substituents is 1. The van der Waals surface area contributed by atoms with Gasteiger partial charge < -0.3 is 10.2 Å². The molecule has 0 bridgehead atoms. The third-order valence-electron chi connectivity index (χ3n) is 2.62. The number of benzene rings is 1. The van der Waals surface area contributed by atoms with E-state index in [1.54, 1.807) is 0 Å². The number of phenols is 1. The van der Waals surface area contributed by atoms with Crippen LogP contribution in [0.2, 0.25) is 0 Å². The lowest BCUT2D eigenvalue weighted by Gasteiger charge is -2.08. The van der Waals surface area contributed by atoms with Gasteiger partial charge in [0.15, 0.2) is 9.84 Å². The first-order valence-corrected chi connectivity index (χ1v) is 7.31. The zero-order valence-electron chi connectivity index (χ0n) is 9.83. The molecule has 4 nitrogen and oxygen atoms in total. The second-order valence-corrected chi connectivity index (χ2v) is 6.13. The Kier molecular flexibility index (Phi) is 4.96. The number of rotatable bonds is 6. The van der Waals surface area contributed by atoms with Crippen molar-refractivity contribution in [2.45, 2.75) is 37.2 Å². The Morgan fingerprint density at radius 1 is 1.24 bits per heavy atom. The fraction of sp³-hybridized carbons (Fsp3) is 0.500. The molecule has 0 saturated heterocycles. The monoisotopic (exact) mass is 258 g/mol. The highest BCUT2D eigenvalue weighted by Gasteiger charge is 2.14. The molecule has 2 N–H and O–H groups in total. The third kappa shape index (κ3) is 4.36. The molecule has 0 heterocycles. The minimum Gasteiger partial charge on any atom is -0.508 e. The number of hydrogen-bond donors (Lipinski definition) is 2. The van der Waals surface area contributed by atoms with E-state index >= 15 is 0 Å². The van der Waals surface area contributed by atoms with Crippen LogP contribution in [0.25, 0.3) is 0 Å². The van der Waals surface area contributed by atoms with Gasteiger partial charge in [-0.15, -0.1) is 0 Å². The van der Waals surface area contributed by atoms with Crippen molar-refractivity contribution in [3.63, 3.8) is 0 Å². The van der Waals surface area contributed by atoms with Crippen molar-refractivity contribution < 1.29 is 18.6 Å². The number of sulfone groups is 1. The van der Waals surface area contributed by atoms with E-state index in [2.05, 4.69) is 0 Å². The second-order valence-electron chi connectivity index (χ2n) is 4.02. The van der Waals surface area contributed by atoms with Gasteiger partial charge >= 0.3 is 0 Å². The molecule has 0 fully saturated rings. The van der Waals surface area contributed by atoms with Crippen molar-refractivity contribution >= 4 is 9.84 Å². The predicted molar refractivity (Wildman–Crippen MR) is 65.7 cm³/mol. The summed E-state index contributed by atoms with van der Waals surface area (Å²) in [6, 6.07) is 5.49. The summed E-state index contributed by atoms with van der Waals surface area (Å²) in [5.41, 5.74) is 0. The molecule has 1 atom stereocenters. The summed E-state index contributed by atoms with van der Waals surface area (Å²) in [5, 5.41) is 18.4. The molecule has 1 aromatic carbocycles. The van der Waals surface area contributed by atoms with E-state index in [1.165, 1.54) is 24.3 Å². The highest BCUT2D eigenvalue weighted by atomic mass is 32.2. The van der Waals surface area contributed by atoms with Crippen LogP contribution in [0.1, 0.15) is 26.2 Å². The van der Waals surface area contributed by atoms with E-state index in [0.717, 1.165) is 0 Å². The zero-order chi connectivity index (χ0) is 12.9. The van der Waals surface area contributed by atoms with E-state index in [0.29, 0.717) is 19.3 Å². The number of aliphatic hydroxyl groups is 1. The van der Waals surface area contributed by atoms with E-state index in [9.17, 15) is 13.5 Å². The predicted octanol–water partition coefficient (Wildman–Crippen LogP) is 1.72. The summed E-state index contributed by atoms with van der Waals surface area (Å²) in [4.78, 5) is 0.210. The molecule has 1 rings (SSSR count). The normalized spacial score (nSPS) is 13.5. The first-order valence-electron chi connectivity index (χ1n) is 5.65. The van der Waals surface area contributed by atoms with Crippen LogP contribution in [0.15, 0.2) is 29.2 Å². The van der Waals surface area contributed by atoms with E-state index in [-0.39, 0.29) is 16.4 Å². The molecular weight excluding hydrogens is 240 g/mol. The highest BCUT2D eigenvalue weighted by Crippen LogP contribution is 2.17. The van der Waals surface area contributed by atoms with Gasteiger partial charge in [-0.2, -0.15) is 0 Å². The Hall–Kier alpha value is -1.07. The first kappa shape index (κ1) is 14.0. The zero-order valence-corrected chi connectivity index (χ0v) is 10.7. The van der Waals surface area contributed by atoms with Crippen LogP contribution < -0.4 is 0 Å². The van der Waals surface area contributed by atoms with Crippen LogP contribution in [0, 0.1) is 0 Å². The molecular formula is C12H18O4S. The molecule has 96 valence electrons. The van der Waals surface area contributed by atoms with Crippen molar-refractivity contribution in [3.05, 3.63) is 24.3 Å². The molecule has 0 aromatic heterocycles. The summed E-state index contributed by atoms with van der Waals surface area (Å²) in [6.45, 7) is 1.86. The molecule has 0 aliphatic heterocycles. The average molecular weight is 258 g/mol. The topological polar surface area (TPSA) is 74.6 Å². The fourth-order valence-electron chi connectivity index (χ4n) is 1.48. The molecule has 1 aromatic rings. The van der Waals surface area contributed by atoms with Crippen LogP contribution in [-0.2, 0) is 9.84 Å². The Labute approximate surface area is 102 Å². The maximum Gasteiger partial charge on any atom is 0.178 e. The lowest BCUT2D eigenvalue weighted by molar-refractivity contribution is 0.159.